The standard InChI is InChI=1S/C21H22ClN5O3/c22-15-3-4-16(24-11-15)13-30-18-2-1-8-27(21(18)29)17-5-6-19(25-20(17)28)26-9-7-14(10-23)12-26/h1-6,8,11,14H,7,9-10,12-13,23H2,(H,25,28)/t14-/m0/s1. The molecule has 0 radical (unpaired) electrons. The number of aromatic nitrogens is 3. The highest BCUT2D eigenvalue weighted by molar-refractivity contribution is 6.30. The fourth-order valence-corrected chi connectivity index (χ4v) is 3.60. The van der Waals surface area contributed by atoms with Crippen molar-refractivity contribution in [2.24, 2.45) is 11.7 Å². The van der Waals surface area contributed by atoms with Crippen LogP contribution in [0, 0.1) is 5.92 Å². The monoisotopic (exact) mass is 427 g/mol. The Labute approximate surface area is 177 Å². The van der Waals surface area contributed by atoms with Crippen LogP contribution in [0.15, 0.2) is 58.4 Å². The van der Waals surface area contributed by atoms with Crippen LogP contribution in [-0.2, 0) is 6.61 Å². The molecule has 0 aliphatic carbocycles. The largest absolute Gasteiger partial charge is 0.481 e. The van der Waals surface area contributed by atoms with Crippen LogP contribution in [0.2, 0.25) is 5.02 Å². The molecule has 3 aromatic rings. The van der Waals surface area contributed by atoms with E-state index in [1.54, 1.807) is 36.5 Å². The summed E-state index contributed by atoms with van der Waals surface area (Å²) in [7, 11) is 0. The van der Waals surface area contributed by atoms with Crippen molar-refractivity contribution < 1.29 is 4.74 Å². The van der Waals surface area contributed by atoms with E-state index in [0.29, 0.717) is 23.2 Å². The van der Waals surface area contributed by atoms with Crippen LogP contribution < -0.4 is 26.5 Å². The molecule has 0 bridgehead atoms. The number of anilines is 1. The lowest BCUT2D eigenvalue weighted by Crippen LogP contribution is -2.28. The summed E-state index contributed by atoms with van der Waals surface area (Å²) in [5.74, 6) is 1.29. The first-order chi connectivity index (χ1) is 14.5. The summed E-state index contributed by atoms with van der Waals surface area (Å²) >= 11 is 5.83. The van der Waals surface area contributed by atoms with Crippen molar-refractivity contribution in [3.8, 4) is 11.4 Å². The lowest BCUT2D eigenvalue weighted by atomic mass is 10.1. The normalized spacial score (nSPS) is 16.1. The molecule has 0 amide bonds. The minimum absolute atomic E-state index is 0.114. The van der Waals surface area contributed by atoms with Gasteiger partial charge in [-0.3, -0.25) is 19.1 Å². The van der Waals surface area contributed by atoms with E-state index in [0.717, 1.165) is 25.3 Å². The predicted octanol–water partition coefficient (Wildman–Crippen LogP) is 1.94. The van der Waals surface area contributed by atoms with Gasteiger partial charge in [-0.1, -0.05) is 11.6 Å². The highest BCUT2D eigenvalue weighted by Gasteiger charge is 2.22. The molecule has 1 saturated heterocycles. The van der Waals surface area contributed by atoms with E-state index in [2.05, 4.69) is 14.9 Å². The van der Waals surface area contributed by atoms with Crippen molar-refractivity contribution in [2.45, 2.75) is 13.0 Å². The number of pyridine rings is 3. The van der Waals surface area contributed by atoms with Gasteiger partial charge in [-0.05, 0) is 55.3 Å². The molecule has 0 unspecified atom stereocenters. The zero-order valence-corrected chi connectivity index (χ0v) is 17.0. The second kappa shape index (κ2) is 8.73. The van der Waals surface area contributed by atoms with Crippen LogP contribution in [0.3, 0.4) is 0 Å². The van der Waals surface area contributed by atoms with Gasteiger partial charge in [0, 0.05) is 25.5 Å². The number of hydrogen-bond donors (Lipinski definition) is 2. The SMILES string of the molecule is NC[C@@H]1CCN(c2ccc(-n3cccc(OCc4ccc(Cl)cn4)c3=O)c(=O)[nH]2)C1. The van der Waals surface area contributed by atoms with Gasteiger partial charge in [-0.15, -0.1) is 0 Å². The van der Waals surface area contributed by atoms with Crippen molar-refractivity contribution in [3.63, 3.8) is 0 Å². The summed E-state index contributed by atoms with van der Waals surface area (Å²) < 4.78 is 6.90. The first-order valence-corrected chi connectivity index (χ1v) is 10.1. The van der Waals surface area contributed by atoms with Crippen LogP contribution in [0.1, 0.15) is 12.1 Å². The quantitative estimate of drug-likeness (QED) is 0.622. The van der Waals surface area contributed by atoms with E-state index < -0.39 is 5.56 Å². The van der Waals surface area contributed by atoms with Gasteiger partial charge >= 0.3 is 0 Å². The Morgan fingerprint density at radius 3 is 2.80 bits per heavy atom. The van der Waals surface area contributed by atoms with Crippen molar-refractivity contribution >= 4 is 17.4 Å². The molecule has 0 saturated carbocycles. The molecule has 8 nitrogen and oxygen atoms in total. The van der Waals surface area contributed by atoms with Gasteiger partial charge in [-0.25, -0.2) is 0 Å². The van der Waals surface area contributed by atoms with Crippen molar-refractivity contribution in [1.82, 2.24) is 14.5 Å². The highest BCUT2D eigenvalue weighted by Crippen LogP contribution is 2.21. The van der Waals surface area contributed by atoms with E-state index in [4.69, 9.17) is 22.1 Å². The smallest absolute Gasteiger partial charge is 0.297 e. The number of H-pyrrole nitrogens is 1. The molecule has 9 heteroatoms. The maximum atomic E-state index is 12.8. The Balaban J connectivity index is 1.55. The lowest BCUT2D eigenvalue weighted by molar-refractivity contribution is 0.296. The predicted molar refractivity (Wildman–Crippen MR) is 116 cm³/mol. The molecule has 1 fully saturated rings. The van der Waals surface area contributed by atoms with Gasteiger partial charge in [0.15, 0.2) is 5.75 Å². The van der Waals surface area contributed by atoms with Gasteiger partial charge in [0.2, 0.25) is 0 Å². The highest BCUT2D eigenvalue weighted by atomic mass is 35.5. The van der Waals surface area contributed by atoms with Gasteiger partial charge in [0.1, 0.15) is 18.1 Å². The van der Waals surface area contributed by atoms with E-state index in [-0.39, 0.29) is 23.6 Å². The number of aromatic amines is 1. The van der Waals surface area contributed by atoms with Crippen molar-refractivity contribution in [2.75, 3.05) is 24.5 Å². The summed E-state index contributed by atoms with van der Waals surface area (Å²) in [6.07, 6.45) is 4.06. The summed E-state index contributed by atoms with van der Waals surface area (Å²) in [4.78, 5) is 34.7. The summed E-state index contributed by atoms with van der Waals surface area (Å²) in [5, 5.41) is 0.524. The molecule has 3 aromatic heterocycles. The van der Waals surface area contributed by atoms with Gasteiger partial charge in [-0.2, -0.15) is 0 Å². The fraction of sp³-hybridized carbons (Fsp3) is 0.286. The van der Waals surface area contributed by atoms with Crippen LogP contribution in [0.25, 0.3) is 5.69 Å². The van der Waals surface area contributed by atoms with E-state index in [9.17, 15) is 9.59 Å². The molecule has 0 aromatic carbocycles. The van der Waals surface area contributed by atoms with Crippen LogP contribution in [-0.4, -0.2) is 34.2 Å². The van der Waals surface area contributed by atoms with Crippen LogP contribution in [0.5, 0.6) is 5.75 Å². The summed E-state index contributed by atoms with van der Waals surface area (Å²) in [5.41, 5.74) is 5.84. The van der Waals surface area contributed by atoms with Crippen LogP contribution >= 0.6 is 11.6 Å². The van der Waals surface area contributed by atoms with Crippen LogP contribution in [0.4, 0.5) is 5.82 Å². The van der Waals surface area contributed by atoms with E-state index in [1.165, 1.54) is 10.8 Å². The van der Waals surface area contributed by atoms with Crippen molar-refractivity contribution in [3.05, 3.63) is 80.2 Å². The molecule has 1 aliphatic heterocycles. The topological polar surface area (TPSA) is 106 Å². The maximum Gasteiger partial charge on any atom is 0.297 e. The second-order valence-electron chi connectivity index (χ2n) is 7.20. The number of nitrogens with zero attached hydrogens (tertiary/aromatic N) is 3. The number of rotatable bonds is 6. The zero-order valence-electron chi connectivity index (χ0n) is 16.3. The lowest BCUT2D eigenvalue weighted by Gasteiger charge is -2.18. The van der Waals surface area contributed by atoms with Gasteiger partial charge < -0.3 is 20.4 Å². The van der Waals surface area contributed by atoms with Gasteiger partial charge in [0.05, 0.1) is 10.7 Å². The molecular weight excluding hydrogens is 406 g/mol. The number of ether oxygens (including phenoxy) is 1. The Morgan fingerprint density at radius 1 is 1.23 bits per heavy atom. The Kier molecular flexibility index (Phi) is 5.87. The molecule has 1 aliphatic rings. The molecule has 30 heavy (non-hydrogen) atoms. The minimum Gasteiger partial charge on any atom is -0.481 e. The third kappa shape index (κ3) is 4.24. The Bertz CT molecular complexity index is 1140. The summed E-state index contributed by atoms with van der Waals surface area (Å²) in [6, 6.07) is 10.1. The second-order valence-corrected chi connectivity index (χ2v) is 7.63. The first-order valence-electron chi connectivity index (χ1n) is 9.69. The molecule has 3 N–H and O–H groups in total. The number of hydrogen-bond acceptors (Lipinski definition) is 6. The number of nitrogens with two attached hydrogens (primary N) is 1. The molecule has 1 atom stereocenters. The van der Waals surface area contributed by atoms with Gasteiger partial charge in [0.25, 0.3) is 11.1 Å². The molecular formula is C21H22ClN5O3. The Morgan fingerprint density at radius 2 is 2.10 bits per heavy atom. The molecule has 0 spiro atoms. The molecule has 156 valence electrons. The average Bonchev–Trinajstić information content (AvgIpc) is 3.24. The van der Waals surface area contributed by atoms with E-state index in [1.807, 2.05) is 6.07 Å². The third-order valence-electron chi connectivity index (χ3n) is 5.17. The molecule has 4 rings (SSSR count). The number of halogens is 1. The Hall–Kier alpha value is -3.10. The zero-order chi connectivity index (χ0) is 21.1. The third-order valence-corrected chi connectivity index (χ3v) is 5.39. The number of nitrogens with one attached hydrogen (secondary N) is 1. The minimum atomic E-state index is -0.422. The molecule has 4 heterocycles. The average molecular weight is 428 g/mol. The maximum absolute atomic E-state index is 12.8. The van der Waals surface area contributed by atoms with E-state index >= 15 is 0 Å². The first kappa shape index (κ1) is 20.2. The van der Waals surface area contributed by atoms with Crippen molar-refractivity contribution in [1.29, 1.82) is 0 Å². The summed E-state index contributed by atoms with van der Waals surface area (Å²) in [6.45, 7) is 2.41. The fourth-order valence-electron chi connectivity index (χ4n) is 3.49.